The summed E-state index contributed by atoms with van der Waals surface area (Å²) < 4.78 is 1.99. The Balaban J connectivity index is 2.46. The molecule has 1 aromatic heterocycles. The largest absolute Gasteiger partial charge is 0.358 e. The van der Waals surface area contributed by atoms with Crippen molar-refractivity contribution in [1.82, 2.24) is 9.78 Å². The lowest BCUT2D eigenvalue weighted by atomic mass is 10.2. The predicted molar refractivity (Wildman–Crippen MR) is 89.5 cm³/mol. The van der Waals surface area contributed by atoms with Crippen molar-refractivity contribution in [3.8, 4) is 5.69 Å². The second-order valence-electron chi connectivity index (χ2n) is 4.68. The molecule has 3 nitrogen and oxygen atoms in total. The maximum absolute atomic E-state index is 6.13. The Kier molecular flexibility index (Phi) is 5.38. The number of hydrogen-bond donors (Lipinski definition) is 0. The quantitative estimate of drug-likeness (QED) is 0.759. The number of aryl methyl sites for hydroxylation is 1. The van der Waals surface area contributed by atoms with Crippen LogP contribution in [0.15, 0.2) is 30.3 Å². The van der Waals surface area contributed by atoms with E-state index in [1.165, 1.54) is 0 Å². The maximum atomic E-state index is 6.13. The van der Waals surface area contributed by atoms with Crippen LogP contribution in [0.3, 0.4) is 0 Å². The molecule has 0 bridgehead atoms. The van der Waals surface area contributed by atoms with Crippen LogP contribution in [0.4, 0.5) is 5.82 Å². The molecule has 0 amide bonds. The van der Waals surface area contributed by atoms with Crippen LogP contribution in [-0.2, 0) is 5.88 Å². The zero-order chi connectivity index (χ0) is 14.5. The molecule has 108 valence electrons. The third-order valence-electron chi connectivity index (χ3n) is 3.28. The molecule has 0 atom stereocenters. The average molecular weight is 310 g/mol. The van der Waals surface area contributed by atoms with E-state index in [1.807, 2.05) is 41.6 Å². The Morgan fingerprint density at radius 2 is 2.00 bits per heavy atom. The molecule has 0 saturated carbocycles. The van der Waals surface area contributed by atoms with E-state index < -0.39 is 0 Å². The molecule has 0 unspecified atom stereocenters. The minimum Gasteiger partial charge on any atom is -0.358 e. The van der Waals surface area contributed by atoms with Gasteiger partial charge >= 0.3 is 0 Å². The third-order valence-corrected chi connectivity index (χ3v) is 4.14. The van der Waals surface area contributed by atoms with Crippen LogP contribution < -0.4 is 4.90 Å². The Morgan fingerprint density at radius 1 is 1.30 bits per heavy atom. The predicted octanol–water partition coefficient (Wildman–Crippen LogP) is 3.72. The summed E-state index contributed by atoms with van der Waals surface area (Å²) in [4.78, 5) is 2.24. The van der Waals surface area contributed by atoms with Crippen molar-refractivity contribution >= 4 is 29.2 Å². The topological polar surface area (TPSA) is 21.1 Å². The third kappa shape index (κ3) is 3.13. The van der Waals surface area contributed by atoms with Crippen molar-refractivity contribution in [2.24, 2.45) is 0 Å². The highest BCUT2D eigenvalue weighted by Crippen LogP contribution is 2.28. The van der Waals surface area contributed by atoms with Crippen molar-refractivity contribution in [1.29, 1.82) is 0 Å². The molecule has 0 fully saturated rings. The number of benzene rings is 1. The summed E-state index contributed by atoms with van der Waals surface area (Å²) in [6.07, 6.45) is 2.12. The molecule has 2 rings (SSSR count). The fourth-order valence-electron chi connectivity index (χ4n) is 2.18. The van der Waals surface area contributed by atoms with E-state index in [9.17, 15) is 0 Å². The SMILES string of the molecule is CSCCN(C)c1c(CCl)c(C)nn1-c1ccccc1. The summed E-state index contributed by atoms with van der Waals surface area (Å²) in [5.74, 6) is 2.66. The monoisotopic (exact) mass is 309 g/mol. The molecule has 0 N–H and O–H groups in total. The van der Waals surface area contributed by atoms with E-state index in [1.54, 1.807) is 0 Å². The molecule has 0 spiro atoms. The van der Waals surface area contributed by atoms with E-state index in [4.69, 9.17) is 11.6 Å². The lowest BCUT2D eigenvalue weighted by Crippen LogP contribution is -2.24. The molecule has 0 saturated heterocycles. The minimum atomic E-state index is 0.484. The van der Waals surface area contributed by atoms with E-state index in [-0.39, 0.29) is 0 Å². The normalized spacial score (nSPS) is 10.8. The molecule has 0 aliphatic rings. The van der Waals surface area contributed by atoms with Crippen molar-refractivity contribution in [3.63, 3.8) is 0 Å². The summed E-state index contributed by atoms with van der Waals surface area (Å²) >= 11 is 7.97. The number of alkyl halides is 1. The van der Waals surface area contributed by atoms with Crippen LogP contribution in [0, 0.1) is 6.92 Å². The Hall–Kier alpha value is -1.13. The van der Waals surface area contributed by atoms with Crippen LogP contribution in [0.5, 0.6) is 0 Å². The Bertz CT molecular complexity index is 554. The number of rotatable bonds is 6. The first-order valence-electron chi connectivity index (χ1n) is 6.59. The molecule has 5 heteroatoms. The molecular weight excluding hydrogens is 290 g/mol. The number of halogens is 1. The molecule has 0 aliphatic carbocycles. The zero-order valence-corrected chi connectivity index (χ0v) is 13.7. The smallest absolute Gasteiger partial charge is 0.136 e. The van der Waals surface area contributed by atoms with Gasteiger partial charge in [0.25, 0.3) is 0 Å². The summed E-state index contributed by atoms with van der Waals surface area (Å²) in [5, 5.41) is 4.66. The van der Waals surface area contributed by atoms with E-state index in [0.717, 1.165) is 35.1 Å². The highest BCUT2D eigenvalue weighted by atomic mass is 35.5. The molecule has 1 aromatic carbocycles. The van der Waals surface area contributed by atoms with Gasteiger partial charge in [0.2, 0.25) is 0 Å². The van der Waals surface area contributed by atoms with Gasteiger partial charge in [-0.25, -0.2) is 4.68 Å². The van der Waals surface area contributed by atoms with Crippen LogP contribution in [0.2, 0.25) is 0 Å². The minimum absolute atomic E-state index is 0.484. The van der Waals surface area contributed by atoms with Crippen LogP contribution >= 0.6 is 23.4 Å². The van der Waals surface area contributed by atoms with Gasteiger partial charge in [0.15, 0.2) is 0 Å². The Labute approximate surface area is 129 Å². The highest BCUT2D eigenvalue weighted by Gasteiger charge is 2.18. The average Bonchev–Trinajstić information content (AvgIpc) is 2.82. The lowest BCUT2D eigenvalue weighted by Gasteiger charge is -2.21. The van der Waals surface area contributed by atoms with Gasteiger partial charge in [0.05, 0.1) is 17.3 Å². The lowest BCUT2D eigenvalue weighted by molar-refractivity contribution is 0.819. The second kappa shape index (κ2) is 7.04. The van der Waals surface area contributed by atoms with Gasteiger partial charge in [-0.15, -0.1) is 11.6 Å². The van der Waals surface area contributed by atoms with Crippen LogP contribution in [-0.4, -0.2) is 35.4 Å². The highest BCUT2D eigenvalue weighted by molar-refractivity contribution is 7.98. The van der Waals surface area contributed by atoms with E-state index in [2.05, 4.69) is 35.4 Å². The number of nitrogens with zero attached hydrogens (tertiary/aromatic N) is 3. The summed E-state index contributed by atoms with van der Waals surface area (Å²) in [6.45, 7) is 2.99. The molecule has 2 aromatic rings. The summed E-state index contributed by atoms with van der Waals surface area (Å²) in [7, 11) is 2.10. The standard InChI is InChI=1S/C15H20ClN3S/c1-12-14(11-16)15(18(2)9-10-20-3)19(17-12)13-7-5-4-6-8-13/h4-8H,9-11H2,1-3H3. The van der Waals surface area contributed by atoms with Gasteiger partial charge in [-0.1, -0.05) is 18.2 Å². The van der Waals surface area contributed by atoms with Crippen molar-refractivity contribution in [2.75, 3.05) is 30.5 Å². The molecular formula is C15H20ClN3S. The van der Waals surface area contributed by atoms with E-state index in [0.29, 0.717) is 5.88 Å². The zero-order valence-electron chi connectivity index (χ0n) is 12.1. The van der Waals surface area contributed by atoms with Crippen molar-refractivity contribution in [2.45, 2.75) is 12.8 Å². The van der Waals surface area contributed by atoms with Gasteiger partial charge in [-0.2, -0.15) is 16.9 Å². The molecule has 20 heavy (non-hydrogen) atoms. The number of thioether (sulfide) groups is 1. The van der Waals surface area contributed by atoms with Crippen LogP contribution in [0.1, 0.15) is 11.3 Å². The number of para-hydroxylation sites is 1. The van der Waals surface area contributed by atoms with Gasteiger partial charge in [0, 0.05) is 24.9 Å². The van der Waals surface area contributed by atoms with Gasteiger partial charge in [-0.05, 0) is 25.3 Å². The van der Waals surface area contributed by atoms with E-state index >= 15 is 0 Å². The molecule has 0 radical (unpaired) electrons. The van der Waals surface area contributed by atoms with Crippen molar-refractivity contribution < 1.29 is 0 Å². The Morgan fingerprint density at radius 3 is 2.60 bits per heavy atom. The van der Waals surface area contributed by atoms with Gasteiger partial charge in [0.1, 0.15) is 5.82 Å². The fourth-order valence-corrected chi connectivity index (χ4v) is 2.95. The number of aromatic nitrogens is 2. The first-order valence-corrected chi connectivity index (χ1v) is 8.51. The van der Waals surface area contributed by atoms with Gasteiger partial charge in [-0.3, -0.25) is 0 Å². The molecule has 1 heterocycles. The van der Waals surface area contributed by atoms with Crippen LogP contribution in [0.25, 0.3) is 5.69 Å². The first-order chi connectivity index (χ1) is 9.69. The number of hydrogen-bond acceptors (Lipinski definition) is 3. The summed E-state index contributed by atoms with van der Waals surface area (Å²) in [5.41, 5.74) is 3.17. The summed E-state index contributed by atoms with van der Waals surface area (Å²) in [6, 6.07) is 10.2. The maximum Gasteiger partial charge on any atom is 0.136 e. The fraction of sp³-hybridized carbons (Fsp3) is 0.400. The second-order valence-corrected chi connectivity index (χ2v) is 5.94. The molecule has 0 aliphatic heterocycles. The van der Waals surface area contributed by atoms with Gasteiger partial charge < -0.3 is 4.90 Å². The van der Waals surface area contributed by atoms with Crippen molar-refractivity contribution in [3.05, 3.63) is 41.6 Å². The first kappa shape index (κ1) is 15.3. The number of anilines is 1.